The van der Waals surface area contributed by atoms with E-state index in [1.807, 2.05) is 0 Å². The highest BCUT2D eigenvalue weighted by atomic mass is 16.5. The molecule has 18 heavy (non-hydrogen) atoms. The van der Waals surface area contributed by atoms with E-state index in [2.05, 4.69) is 63.3 Å². The molecule has 0 fully saturated rings. The van der Waals surface area contributed by atoms with Crippen LogP contribution < -0.4 is 5.32 Å². The van der Waals surface area contributed by atoms with Crippen LogP contribution in [0.25, 0.3) is 0 Å². The van der Waals surface area contributed by atoms with Crippen LogP contribution >= 0.6 is 0 Å². The predicted molar refractivity (Wildman–Crippen MR) is 77.7 cm³/mol. The van der Waals surface area contributed by atoms with Gasteiger partial charge in [0.1, 0.15) is 0 Å². The molecule has 1 N–H and O–H groups in total. The summed E-state index contributed by atoms with van der Waals surface area (Å²) in [5.74, 6) is 0.603. The van der Waals surface area contributed by atoms with Crippen LogP contribution in [-0.4, -0.2) is 19.3 Å². The van der Waals surface area contributed by atoms with Gasteiger partial charge in [-0.05, 0) is 45.2 Å². The third kappa shape index (κ3) is 5.19. The van der Waals surface area contributed by atoms with Gasteiger partial charge in [0.2, 0.25) is 0 Å². The summed E-state index contributed by atoms with van der Waals surface area (Å²) < 4.78 is 5.47. The van der Waals surface area contributed by atoms with Gasteiger partial charge in [-0.15, -0.1) is 0 Å². The standard InChI is InChI=1S/C16H27NO/c1-13(11-16(3,4)18-5)12-17-14(2)15-9-7-6-8-10-15/h6-10,13-14,17H,11-12H2,1-5H3. The first-order valence-corrected chi connectivity index (χ1v) is 6.78. The summed E-state index contributed by atoms with van der Waals surface area (Å²) in [7, 11) is 1.78. The fraction of sp³-hybridized carbons (Fsp3) is 0.625. The highest BCUT2D eigenvalue weighted by Crippen LogP contribution is 2.20. The van der Waals surface area contributed by atoms with Crippen LogP contribution in [0, 0.1) is 5.92 Å². The van der Waals surface area contributed by atoms with E-state index in [1.165, 1.54) is 5.56 Å². The molecule has 1 rings (SSSR count). The van der Waals surface area contributed by atoms with Gasteiger partial charge < -0.3 is 10.1 Å². The lowest BCUT2D eigenvalue weighted by Gasteiger charge is -2.27. The summed E-state index contributed by atoms with van der Waals surface area (Å²) >= 11 is 0. The van der Waals surface area contributed by atoms with Crippen LogP contribution in [-0.2, 0) is 4.74 Å². The second-order valence-corrected chi connectivity index (χ2v) is 5.81. The van der Waals surface area contributed by atoms with Gasteiger partial charge in [-0.25, -0.2) is 0 Å². The van der Waals surface area contributed by atoms with Gasteiger partial charge in [-0.2, -0.15) is 0 Å². The van der Waals surface area contributed by atoms with Crippen molar-refractivity contribution < 1.29 is 4.74 Å². The van der Waals surface area contributed by atoms with Crippen molar-refractivity contribution in [2.45, 2.75) is 45.8 Å². The Bertz CT molecular complexity index is 334. The normalized spacial score (nSPS) is 15.4. The van der Waals surface area contributed by atoms with Gasteiger partial charge in [0.15, 0.2) is 0 Å². The monoisotopic (exact) mass is 249 g/mol. The highest BCUT2D eigenvalue weighted by Gasteiger charge is 2.20. The zero-order valence-electron chi connectivity index (χ0n) is 12.4. The van der Waals surface area contributed by atoms with E-state index < -0.39 is 0 Å². The van der Waals surface area contributed by atoms with Crippen LogP contribution in [0.1, 0.15) is 45.7 Å². The molecule has 0 saturated heterocycles. The lowest BCUT2D eigenvalue weighted by Crippen LogP contribution is -2.31. The van der Waals surface area contributed by atoms with E-state index in [4.69, 9.17) is 4.74 Å². The molecule has 0 aliphatic heterocycles. The van der Waals surface area contributed by atoms with E-state index in [0.29, 0.717) is 12.0 Å². The second kappa shape index (κ2) is 6.91. The first kappa shape index (κ1) is 15.2. The fourth-order valence-corrected chi connectivity index (χ4v) is 2.23. The van der Waals surface area contributed by atoms with Gasteiger partial charge in [-0.1, -0.05) is 37.3 Å². The van der Waals surface area contributed by atoms with E-state index >= 15 is 0 Å². The minimum Gasteiger partial charge on any atom is -0.379 e. The largest absolute Gasteiger partial charge is 0.379 e. The average molecular weight is 249 g/mol. The number of nitrogens with one attached hydrogen (secondary N) is 1. The van der Waals surface area contributed by atoms with Crippen LogP contribution in [0.3, 0.4) is 0 Å². The molecule has 1 aromatic carbocycles. The Labute approximate surface area is 112 Å². The van der Waals surface area contributed by atoms with Crippen LogP contribution in [0.2, 0.25) is 0 Å². The maximum Gasteiger partial charge on any atom is 0.0625 e. The molecule has 1 aromatic rings. The van der Waals surface area contributed by atoms with Crippen molar-refractivity contribution in [2.75, 3.05) is 13.7 Å². The zero-order chi connectivity index (χ0) is 13.6. The van der Waals surface area contributed by atoms with Crippen molar-refractivity contribution in [1.29, 1.82) is 0 Å². The molecule has 2 heteroatoms. The number of benzene rings is 1. The molecule has 0 aliphatic carbocycles. The molecule has 102 valence electrons. The van der Waals surface area contributed by atoms with Crippen LogP contribution in [0.5, 0.6) is 0 Å². The van der Waals surface area contributed by atoms with Crippen molar-refractivity contribution in [1.82, 2.24) is 5.32 Å². The summed E-state index contributed by atoms with van der Waals surface area (Å²) in [4.78, 5) is 0. The second-order valence-electron chi connectivity index (χ2n) is 5.81. The van der Waals surface area contributed by atoms with E-state index in [-0.39, 0.29) is 5.60 Å². The lowest BCUT2D eigenvalue weighted by atomic mass is 9.94. The SMILES string of the molecule is COC(C)(C)CC(C)CNC(C)c1ccccc1. The summed E-state index contributed by atoms with van der Waals surface area (Å²) in [6, 6.07) is 11.0. The Hall–Kier alpha value is -0.860. The van der Waals surface area contributed by atoms with E-state index in [9.17, 15) is 0 Å². The number of ether oxygens (including phenoxy) is 1. The van der Waals surface area contributed by atoms with Crippen molar-refractivity contribution >= 4 is 0 Å². The Morgan fingerprint density at radius 2 is 1.78 bits per heavy atom. The molecule has 0 heterocycles. The minimum absolute atomic E-state index is 0.0307. The van der Waals surface area contributed by atoms with Crippen molar-refractivity contribution in [3.05, 3.63) is 35.9 Å². The molecular weight excluding hydrogens is 222 g/mol. The van der Waals surface area contributed by atoms with E-state index in [1.54, 1.807) is 7.11 Å². The molecule has 2 unspecified atom stereocenters. The van der Waals surface area contributed by atoms with Gasteiger partial charge >= 0.3 is 0 Å². The average Bonchev–Trinajstić information content (AvgIpc) is 2.36. The topological polar surface area (TPSA) is 21.3 Å². The predicted octanol–water partition coefficient (Wildman–Crippen LogP) is 3.79. The van der Waals surface area contributed by atoms with Gasteiger partial charge in [-0.3, -0.25) is 0 Å². The molecular formula is C16H27NO. The molecule has 2 atom stereocenters. The third-order valence-electron chi connectivity index (χ3n) is 3.46. The Morgan fingerprint density at radius 3 is 2.33 bits per heavy atom. The smallest absolute Gasteiger partial charge is 0.0625 e. The van der Waals surface area contributed by atoms with Gasteiger partial charge in [0, 0.05) is 13.2 Å². The Balaban J connectivity index is 2.37. The number of hydrogen-bond donors (Lipinski definition) is 1. The summed E-state index contributed by atoms with van der Waals surface area (Å²) in [6.07, 6.45) is 1.07. The molecule has 0 spiro atoms. The summed E-state index contributed by atoms with van der Waals surface area (Å²) in [6.45, 7) is 9.78. The zero-order valence-corrected chi connectivity index (χ0v) is 12.4. The maximum absolute atomic E-state index is 5.47. The van der Waals surface area contributed by atoms with E-state index in [0.717, 1.165) is 13.0 Å². The first-order chi connectivity index (χ1) is 8.44. The fourth-order valence-electron chi connectivity index (χ4n) is 2.23. The van der Waals surface area contributed by atoms with Crippen molar-refractivity contribution in [3.63, 3.8) is 0 Å². The molecule has 0 radical (unpaired) electrons. The molecule has 0 saturated carbocycles. The van der Waals surface area contributed by atoms with Crippen molar-refractivity contribution in [3.8, 4) is 0 Å². The minimum atomic E-state index is -0.0307. The van der Waals surface area contributed by atoms with Gasteiger partial charge in [0.05, 0.1) is 5.60 Å². The van der Waals surface area contributed by atoms with Crippen LogP contribution in [0.4, 0.5) is 0 Å². The maximum atomic E-state index is 5.47. The summed E-state index contributed by atoms with van der Waals surface area (Å²) in [5, 5.41) is 3.59. The molecule has 0 aliphatic rings. The van der Waals surface area contributed by atoms with Gasteiger partial charge in [0.25, 0.3) is 0 Å². The Kier molecular flexibility index (Phi) is 5.83. The molecule has 0 bridgehead atoms. The first-order valence-electron chi connectivity index (χ1n) is 6.78. The number of methoxy groups -OCH3 is 1. The van der Waals surface area contributed by atoms with Crippen molar-refractivity contribution in [2.24, 2.45) is 5.92 Å². The third-order valence-corrected chi connectivity index (χ3v) is 3.46. The lowest BCUT2D eigenvalue weighted by molar-refractivity contribution is 0.00375. The molecule has 0 amide bonds. The quantitative estimate of drug-likeness (QED) is 0.794. The molecule has 2 nitrogen and oxygen atoms in total. The summed E-state index contributed by atoms with van der Waals surface area (Å²) in [5.41, 5.74) is 1.31. The Morgan fingerprint density at radius 1 is 1.17 bits per heavy atom. The molecule has 0 aromatic heterocycles. The highest BCUT2D eigenvalue weighted by molar-refractivity contribution is 5.17. The number of hydrogen-bond acceptors (Lipinski definition) is 2. The number of rotatable bonds is 7. The van der Waals surface area contributed by atoms with Crippen LogP contribution in [0.15, 0.2) is 30.3 Å².